The zero-order chi connectivity index (χ0) is 20.9. The Morgan fingerprint density at radius 1 is 0.967 bits per heavy atom. The summed E-state index contributed by atoms with van der Waals surface area (Å²) in [6.45, 7) is 7.92. The number of amides is 1. The topological polar surface area (TPSA) is 60.0 Å². The van der Waals surface area contributed by atoms with Crippen molar-refractivity contribution in [3.05, 3.63) is 59.2 Å². The third-order valence-corrected chi connectivity index (χ3v) is 5.49. The molecule has 4 rings (SSSR count). The number of nitrogens with one attached hydrogen (secondary N) is 1. The average molecular weight is 411 g/mol. The number of nitrogens with zero attached hydrogens (tertiary/aromatic N) is 1. The second-order valence-corrected chi connectivity index (χ2v) is 8.23. The van der Waals surface area contributed by atoms with Crippen LogP contribution < -0.4 is 14.8 Å². The van der Waals surface area contributed by atoms with E-state index in [-0.39, 0.29) is 24.9 Å². The van der Waals surface area contributed by atoms with Gasteiger partial charge in [-0.1, -0.05) is 30.3 Å². The van der Waals surface area contributed by atoms with Crippen molar-refractivity contribution < 1.29 is 19.0 Å². The summed E-state index contributed by atoms with van der Waals surface area (Å²) in [5.41, 5.74) is 3.47. The molecule has 30 heavy (non-hydrogen) atoms. The number of morpholine rings is 1. The Kier molecular flexibility index (Phi) is 6.55. The van der Waals surface area contributed by atoms with Crippen LogP contribution in [0.25, 0.3) is 0 Å². The lowest BCUT2D eigenvalue weighted by Crippen LogP contribution is -2.44. The molecule has 0 radical (unpaired) electrons. The van der Waals surface area contributed by atoms with Crippen LogP contribution in [0.2, 0.25) is 0 Å². The minimum Gasteiger partial charge on any atom is -0.454 e. The molecule has 0 aromatic heterocycles. The van der Waals surface area contributed by atoms with Crippen LogP contribution in [0.1, 0.15) is 37.0 Å². The second kappa shape index (κ2) is 9.49. The van der Waals surface area contributed by atoms with Gasteiger partial charge >= 0.3 is 0 Å². The van der Waals surface area contributed by atoms with Crippen LogP contribution in [-0.2, 0) is 29.0 Å². The van der Waals surface area contributed by atoms with E-state index in [1.165, 1.54) is 5.56 Å². The molecule has 2 aliphatic rings. The first kappa shape index (κ1) is 20.7. The molecule has 6 nitrogen and oxygen atoms in total. The number of hydrogen-bond donors (Lipinski definition) is 1. The van der Waals surface area contributed by atoms with Crippen molar-refractivity contribution in [3.63, 3.8) is 0 Å². The second-order valence-electron chi connectivity index (χ2n) is 8.23. The highest BCUT2D eigenvalue weighted by Gasteiger charge is 2.22. The molecular formula is C24H30N2O4. The maximum absolute atomic E-state index is 12.2. The van der Waals surface area contributed by atoms with E-state index >= 15 is 0 Å². The Morgan fingerprint density at radius 3 is 2.40 bits per heavy atom. The minimum atomic E-state index is 0.0491. The summed E-state index contributed by atoms with van der Waals surface area (Å²) < 4.78 is 16.5. The minimum absolute atomic E-state index is 0.0491. The van der Waals surface area contributed by atoms with Crippen LogP contribution in [-0.4, -0.2) is 42.9 Å². The summed E-state index contributed by atoms with van der Waals surface area (Å²) in [5.74, 6) is 1.58. The highest BCUT2D eigenvalue weighted by Crippen LogP contribution is 2.32. The van der Waals surface area contributed by atoms with Crippen LogP contribution in [0.3, 0.4) is 0 Å². The summed E-state index contributed by atoms with van der Waals surface area (Å²) in [6.07, 6.45) is 1.69. The van der Waals surface area contributed by atoms with Gasteiger partial charge in [0.25, 0.3) is 0 Å². The van der Waals surface area contributed by atoms with E-state index < -0.39 is 0 Å². The first-order valence-electron chi connectivity index (χ1n) is 10.7. The van der Waals surface area contributed by atoms with Crippen LogP contribution in [0, 0.1) is 0 Å². The smallest absolute Gasteiger partial charge is 0.231 e. The maximum atomic E-state index is 12.2. The third kappa shape index (κ3) is 5.52. The number of ether oxygens (including phenoxy) is 3. The third-order valence-electron chi connectivity index (χ3n) is 5.49. The molecule has 1 fully saturated rings. The van der Waals surface area contributed by atoms with E-state index in [9.17, 15) is 4.79 Å². The van der Waals surface area contributed by atoms with Gasteiger partial charge in [0.1, 0.15) is 0 Å². The van der Waals surface area contributed by atoms with Crippen LogP contribution in [0.5, 0.6) is 11.5 Å². The van der Waals surface area contributed by atoms with Crippen molar-refractivity contribution in [1.29, 1.82) is 0 Å². The monoisotopic (exact) mass is 410 g/mol. The molecule has 0 bridgehead atoms. The van der Waals surface area contributed by atoms with Gasteiger partial charge in [-0.2, -0.15) is 0 Å². The average Bonchev–Trinajstić information content (AvgIpc) is 3.19. The molecule has 1 amide bonds. The molecule has 160 valence electrons. The molecule has 0 saturated carbocycles. The Bertz CT molecular complexity index is 858. The standard InChI is InChI=1S/C24H30N2O4/c1-17-13-26(14-18(2)30-17)15-21-5-3-20(4-6-21)12-25-24(27)10-8-19-7-9-22-23(11-19)29-16-28-22/h3-7,9,11,17-18H,8,10,12-16H2,1-2H3,(H,25,27). The molecule has 1 N–H and O–H groups in total. The largest absolute Gasteiger partial charge is 0.454 e. The van der Waals surface area contributed by atoms with Gasteiger partial charge in [-0.25, -0.2) is 0 Å². The Labute approximate surface area is 178 Å². The summed E-state index contributed by atoms with van der Waals surface area (Å²) in [5, 5.41) is 3.01. The summed E-state index contributed by atoms with van der Waals surface area (Å²) in [7, 11) is 0. The molecule has 2 heterocycles. The summed E-state index contributed by atoms with van der Waals surface area (Å²) in [6, 6.07) is 14.3. The molecule has 2 aromatic carbocycles. The van der Waals surface area contributed by atoms with Crippen LogP contribution in [0.4, 0.5) is 0 Å². The lowest BCUT2D eigenvalue weighted by Gasteiger charge is -2.35. The van der Waals surface area contributed by atoms with Gasteiger partial charge in [0.2, 0.25) is 12.7 Å². The van der Waals surface area contributed by atoms with Crippen LogP contribution >= 0.6 is 0 Å². The lowest BCUT2D eigenvalue weighted by atomic mass is 10.1. The predicted molar refractivity (Wildman–Crippen MR) is 114 cm³/mol. The van der Waals surface area contributed by atoms with Crippen LogP contribution in [0.15, 0.2) is 42.5 Å². The van der Waals surface area contributed by atoms with Crippen molar-refractivity contribution in [2.75, 3.05) is 19.9 Å². The molecular weight excluding hydrogens is 380 g/mol. The summed E-state index contributed by atoms with van der Waals surface area (Å²) in [4.78, 5) is 14.7. The fraction of sp³-hybridized carbons (Fsp3) is 0.458. The van der Waals surface area contributed by atoms with E-state index in [2.05, 4.69) is 48.3 Å². The molecule has 6 heteroatoms. The Balaban J connectivity index is 1.20. The normalized spacial score (nSPS) is 20.9. The SMILES string of the molecule is CC1CN(Cc2ccc(CNC(=O)CCc3ccc4c(c3)OCO4)cc2)CC(C)O1. The zero-order valence-corrected chi connectivity index (χ0v) is 17.7. The molecule has 2 aromatic rings. The molecule has 2 unspecified atom stereocenters. The highest BCUT2D eigenvalue weighted by molar-refractivity contribution is 5.76. The first-order valence-corrected chi connectivity index (χ1v) is 10.7. The van der Waals surface area contributed by atoms with Gasteiger partial charge in [-0.15, -0.1) is 0 Å². The summed E-state index contributed by atoms with van der Waals surface area (Å²) >= 11 is 0. The number of fused-ring (bicyclic) bond motifs is 1. The number of rotatable bonds is 7. The molecule has 1 saturated heterocycles. The zero-order valence-electron chi connectivity index (χ0n) is 17.7. The van der Waals surface area contributed by atoms with Crippen molar-refractivity contribution in [3.8, 4) is 11.5 Å². The Hall–Kier alpha value is -2.57. The fourth-order valence-corrected chi connectivity index (χ4v) is 4.08. The van der Waals surface area contributed by atoms with E-state index in [1.807, 2.05) is 18.2 Å². The van der Waals surface area contributed by atoms with Gasteiger partial charge in [0, 0.05) is 32.6 Å². The van der Waals surface area contributed by atoms with Gasteiger partial charge in [0.05, 0.1) is 12.2 Å². The molecule has 2 atom stereocenters. The van der Waals surface area contributed by atoms with E-state index in [0.717, 1.165) is 42.3 Å². The molecule has 0 spiro atoms. The van der Waals surface area contributed by atoms with Gasteiger partial charge in [-0.05, 0) is 49.1 Å². The quantitative estimate of drug-likeness (QED) is 0.759. The lowest BCUT2D eigenvalue weighted by molar-refractivity contribution is -0.121. The number of carbonyl (C=O) groups excluding carboxylic acids is 1. The molecule has 0 aliphatic carbocycles. The number of aryl methyl sites for hydroxylation is 1. The van der Waals surface area contributed by atoms with Gasteiger partial charge in [0.15, 0.2) is 11.5 Å². The number of benzene rings is 2. The Morgan fingerprint density at radius 2 is 1.63 bits per heavy atom. The van der Waals surface area contributed by atoms with Gasteiger partial charge < -0.3 is 19.5 Å². The predicted octanol–water partition coefficient (Wildman–Crippen LogP) is 3.27. The maximum Gasteiger partial charge on any atom is 0.231 e. The molecule has 2 aliphatic heterocycles. The number of carbonyl (C=O) groups is 1. The van der Waals surface area contributed by atoms with Crippen molar-refractivity contribution >= 4 is 5.91 Å². The van der Waals surface area contributed by atoms with Gasteiger partial charge in [-0.3, -0.25) is 9.69 Å². The highest BCUT2D eigenvalue weighted by atomic mass is 16.7. The first-order chi connectivity index (χ1) is 14.5. The van der Waals surface area contributed by atoms with E-state index in [4.69, 9.17) is 14.2 Å². The van der Waals surface area contributed by atoms with E-state index in [0.29, 0.717) is 19.4 Å². The number of hydrogen-bond acceptors (Lipinski definition) is 5. The van der Waals surface area contributed by atoms with E-state index in [1.54, 1.807) is 0 Å². The van der Waals surface area contributed by atoms with Crippen molar-refractivity contribution in [2.45, 2.75) is 52.0 Å². The van der Waals surface area contributed by atoms with Crippen molar-refractivity contribution in [1.82, 2.24) is 10.2 Å². The van der Waals surface area contributed by atoms with Crippen molar-refractivity contribution in [2.24, 2.45) is 0 Å². The fourth-order valence-electron chi connectivity index (χ4n) is 4.08.